The van der Waals surface area contributed by atoms with Crippen LogP contribution in [-0.4, -0.2) is 181 Å². The summed E-state index contributed by atoms with van der Waals surface area (Å²) in [6.07, 6.45) is 3.58. The summed E-state index contributed by atoms with van der Waals surface area (Å²) in [5.74, 6) is -11.0. The molecule has 0 saturated heterocycles. The molecule has 31 heteroatoms. The first-order valence-corrected chi connectivity index (χ1v) is 30.0. The van der Waals surface area contributed by atoms with Gasteiger partial charge in [0.25, 0.3) is 0 Å². The van der Waals surface area contributed by atoms with Crippen LogP contribution in [-0.2, 0) is 52.7 Å². The van der Waals surface area contributed by atoms with E-state index >= 15 is 0 Å². The molecule has 0 aromatic heterocycles. The third-order valence-corrected chi connectivity index (χ3v) is 13.7. The van der Waals surface area contributed by atoms with Crippen molar-refractivity contribution >= 4 is 71.0 Å². The first-order chi connectivity index (χ1) is 40.6. The zero-order chi connectivity index (χ0) is 65.5. The molecule has 0 aromatic rings. The van der Waals surface area contributed by atoms with Crippen molar-refractivity contribution in [3.63, 3.8) is 0 Å². The summed E-state index contributed by atoms with van der Waals surface area (Å²) in [7, 11) is 0. The van der Waals surface area contributed by atoms with Crippen LogP contribution < -0.4 is 93.7 Å². The van der Waals surface area contributed by atoms with Crippen LogP contribution in [0.3, 0.4) is 0 Å². The van der Waals surface area contributed by atoms with E-state index in [0.29, 0.717) is 70.9 Å². The Labute approximate surface area is 505 Å². The first-order valence-electron chi connectivity index (χ1n) is 30.0. The fourth-order valence-electron chi connectivity index (χ4n) is 8.80. The Balaban J connectivity index is 6.77. The Morgan fingerprint density at radius 2 is 0.721 bits per heavy atom. The number of nitrogens with two attached hydrogens (primary N) is 8. The van der Waals surface area contributed by atoms with Crippen molar-refractivity contribution in [3.05, 3.63) is 0 Å². The first kappa shape index (κ1) is 79.2. The van der Waals surface area contributed by atoms with Crippen molar-refractivity contribution in [2.75, 3.05) is 39.3 Å². The molecule has 0 spiro atoms. The number of aliphatic carboxylic acids is 1. The van der Waals surface area contributed by atoms with E-state index in [0.717, 1.165) is 0 Å². The molecule has 0 rings (SSSR count). The number of nitrogens with zero attached hydrogens (tertiary/aromatic N) is 1. The van der Waals surface area contributed by atoms with E-state index in [1.807, 2.05) is 13.8 Å². The fourth-order valence-corrected chi connectivity index (χ4v) is 8.80. The number of guanidine groups is 1. The molecule has 0 saturated carbocycles. The highest BCUT2D eigenvalue weighted by Crippen LogP contribution is 2.14. The van der Waals surface area contributed by atoms with Gasteiger partial charge >= 0.3 is 5.97 Å². The van der Waals surface area contributed by atoms with Crippen LogP contribution in [0.25, 0.3) is 0 Å². The van der Waals surface area contributed by atoms with E-state index in [4.69, 9.17) is 45.9 Å². The van der Waals surface area contributed by atoms with Gasteiger partial charge in [0.1, 0.15) is 54.4 Å². The fraction of sp³-hybridized carbons (Fsp3) is 0.782. The number of hydrogen-bond acceptors (Lipinski definition) is 18. The lowest BCUT2D eigenvalue weighted by atomic mass is 9.98. The average molecular weight is 1230 g/mol. The summed E-state index contributed by atoms with van der Waals surface area (Å²) >= 11 is 0. The standard InChI is InChI=1S/C55H106N18O13/c1-31(2)28-40(70-45(76)34(60)16-7-11-23-56)50(81)66-35(17-8-12-24-57)48(79)72-42(30-74)52(83)67-38(21-22-43(61)75)49(80)71-41(29-32(3)4)51(82)73-44(33(5)6)53(84)68-36(18-9-13-25-58)46(77)65-37(20-15-27-64-55(62)63)47(78)69-39(54(85)86)19-10-14-26-59/h31-42,44,74H,7-30,56-60H2,1-6H3,(H2,61,75)(H,65,77)(H,66,81)(H,67,83)(H,68,84)(H,69,78)(H,70,76)(H,71,80)(H,72,79)(H,73,82)(H,85,86)(H4,62,63,64)/t34-,35-,36-,37-,38-,39-,40-,41-,42-,44-/m0/s1. The van der Waals surface area contributed by atoms with Gasteiger partial charge in [-0.05, 0) is 147 Å². The number of unbranched alkanes of at least 4 members (excludes halogenated alkanes) is 4. The molecule has 27 N–H and O–H groups in total. The van der Waals surface area contributed by atoms with Crippen LogP contribution in [0.2, 0.25) is 0 Å². The second kappa shape index (κ2) is 44.6. The predicted octanol–water partition coefficient (Wildman–Crippen LogP) is -4.66. The van der Waals surface area contributed by atoms with Gasteiger partial charge in [-0.3, -0.25) is 52.9 Å². The number of aliphatic hydroxyl groups is 1. The van der Waals surface area contributed by atoms with Crippen LogP contribution in [0.5, 0.6) is 0 Å². The number of carbonyl (C=O) groups is 11. The van der Waals surface area contributed by atoms with E-state index < -0.39 is 151 Å². The summed E-state index contributed by atoms with van der Waals surface area (Å²) in [5, 5.41) is 43.5. The van der Waals surface area contributed by atoms with E-state index in [-0.39, 0.29) is 82.4 Å². The van der Waals surface area contributed by atoms with E-state index in [1.54, 1.807) is 27.7 Å². The molecule has 0 aromatic carbocycles. The smallest absolute Gasteiger partial charge is 0.326 e. The SMILES string of the molecule is CC(C)C[C@H](NC(=O)[C@H](CCC(N)=O)NC(=O)[C@H](CO)NC(=O)[C@H](CCCCN)NC(=O)[C@H](CC(C)C)NC(=O)[C@@H](N)CCCCN)C(=O)N[C@H](C(=O)N[C@@H](CCCCN)C(=O)N[C@@H](CCCN=C(N)N)C(=O)N[C@@H](CCCCN)C(=O)O)C(C)C. The maximum atomic E-state index is 14.3. The normalized spacial score (nSPS) is 14.8. The van der Waals surface area contributed by atoms with Crippen molar-refractivity contribution < 1.29 is 63.0 Å². The molecule has 10 amide bonds. The van der Waals surface area contributed by atoms with Gasteiger partial charge in [0, 0.05) is 13.0 Å². The van der Waals surface area contributed by atoms with Gasteiger partial charge < -0.3 is 104 Å². The molecule has 0 unspecified atom stereocenters. The summed E-state index contributed by atoms with van der Waals surface area (Å²) in [5.41, 5.74) is 45.1. The van der Waals surface area contributed by atoms with Gasteiger partial charge in [0.15, 0.2) is 5.96 Å². The highest BCUT2D eigenvalue weighted by Gasteiger charge is 2.37. The molecule has 86 heavy (non-hydrogen) atoms. The molecule has 0 aliphatic carbocycles. The van der Waals surface area contributed by atoms with E-state index in [9.17, 15) is 63.0 Å². The van der Waals surface area contributed by atoms with Crippen molar-refractivity contribution in [2.24, 2.45) is 68.6 Å². The molecule has 0 aliphatic rings. The molecule has 494 valence electrons. The maximum absolute atomic E-state index is 14.3. The number of carboxylic acids is 1. The number of carboxylic acid groups (broad SMARTS) is 1. The number of aliphatic imine (C=N–C) groups is 1. The number of primary amides is 1. The van der Waals surface area contributed by atoms with Gasteiger partial charge in [-0.2, -0.15) is 0 Å². The minimum absolute atomic E-state index is 0.0242. The number of hydrogen-bond donors (Lipinski definition) is 19. The van der Waals surface area contributed by atoms with E-state index in [2.05, 4.69) is 52.8 Å². The average Bonchev–Trinajstić information content (AvgIpc) is 2.78. The topological polar surface area (TPSA) is 557 Å². The molecular weight excluding hydrogens is 1120 g/mol. The number of amides is 10. The van der Waals surface area contributed by atoms with Gasteiger partial charge in [0.05, 0.1) is 12.6 Å². The summed E-state index contributed by atoms with van der Waals surface area (Å²) in [4.78, 5) is 153. The Morgan fingerprint density at radius 3 is 1.10 bits per heavy atom. The highest BCUT2D eigenvalue weighted by molar-refractivity contribution is 5.98. The number of aliphatic hydroxyl groups excluding tert-OH is 1. The Bertz CT molecular complexity index is 2150. The maximum Gasteiger partial charge on any atom is 0.326 e. The van der Waals surface area contributed by atoms with Crippen LogP contribution in [0.15, 0.2) is 4.99 Å². The second-order valence-electron chi connectivity index (χ2n) is 22.7. The molecule has 0 aliphatic heterocycles. The van der Waals surface area contributed by atoms with Crippen LogP contribution in [0.1, 0.15) is 157 Å². The van der Waals surface area contributed by atoms with Crippen molar-refractivity contribution in [1.82, 2.24) is 47.9 Å². The van der Waals surface area contributed by atoms with Crippen LogP contribution >= 0.6 is 0 Å². The molecule has 31 nitrogen and oxygen atoms in total. The third-order valence-electron chi connectivity index (χ3n) is 13.7. The van der Waals surface area contributed by atoms with Crippen molar-refractivity contribution in [2.45, 2.75) is 218 Å². The Kier molecular flexibility index (Phi) is 41.1. The van der Waals surface area contributed by atoms with Crippen LogP contribution in [0, 0.1) is 17.8 Å². The molecular formula is C55H106N18O13. The summed E-state index contributed by atoms with van der Waals surface area (Å²) < 4.78 is 0. The number of rotatable bonds is 48. The zero-order valence-electron chi connectivity index (χ0n) is 51.4. The number of carbonyl (C=O) groups excluding carboxylic acids is 10. The molecule has 0 fully saturated rings. The van der Waals surface area contributed by atoms with Gasteiger partial charge in [-0.15, -0.1) is 0 Å². The van der Waals surface area contributed by atoms with Crippen molar-refractivity contribution in [3.8, 4) is 0 Å². The van der Waals surface area contributed by atoms with E-state index in [1.165, 1.54) is 0 Å². The third kappa shape index (κ3) is 33.8. The second-order valence-corrected chi connectivity index (χ2v) is 22.7. The molecule has 0 radical (unpaired) electrons. The molecule has 0 bridgehead atoms. The lowest BCUT2D eigenvalue weighted by Crippen LogP contribution is -2.61. The quantitative estimate of drug-likeness (QED) is 0.0155. The summed E-state index contributed by atoms with van der Waals surface area (Å²) in [6.45, 7) is 10.7. The minimum atomic E-state index is -1.74. The van der Waals surface area contributed by atoms with Gasteiger partial charge in [-0.25, -0.2) is 4.79 Å². The van der Waals surface area contributed by atoms with Gasteiger partial charge in [0.2, 0.25) is 59.1 Å². The van der Waals surface area contributed by atoms with Crippen LogP contribution in [0.4, 0.5) is 0 Å². The predicted molar refractivity (Wildman–Crippen MR) is 324 cm³/mol. The zero-order valence-corrected chi connectivity index (χ0v) is 51.4. The monoisotopic (exact) mass is 1230 g/mol. The molecule has 10 atom stereocenters. The Hall–Kier alpha value is -6.80. The minimum Gasteiger partial charge on any atom is -0.480 e. The largest absolute Gasteiger partial charge is 0.480 e. The van der Waals surface area contributed by atoms with Crippen molar-refractivity contribution in [1.29, 1.82) is 0 Å². The highest BCUT2D eigenvalue weighted by atomic mass is 16.4. The lowest BCUT2D eigenvalue weighted by molar-refractivity contribution is -0.142. The summed E-state index contributed by atoms with van der Waals surface area (Å²) in [6, 6.07) is -13.3. The Morgan fingerprint density at radius 1 is 0.395 bits per heavy atom. The lowest BCUT2D eigenvalue weighted by Gasteiger charge is -2.29. The number of nitrogens with one attached hydrogen (secondary N) is 9. The van der Waals surface area contributed by atoms with Gasteiger partial charge in [-0.1, -0.05) is 48.0 Å². The molecule has 0 heterocycles.